The Hall–Kier alpha value is -2.15. The summed E-state index contributed by atoms with van der Waals surface area (Å²) in [5.74, 6) is 0. The number of aromatic nitrogens is 2. The molecule has 0 bridgehead atoms. The van der Waals surface area contributed by atoms with Crippen LogP contribution in [0.15, 0.2) is 29.1 Å². The van der Waals surface area contributed by atoms with E-state index < -0.39 is 5.69 Å². The summed E-state index contributed by atoms with van der Waals surface area (Å²) in [6, 6.07) is 8.81. The number of nitriles is 1. The maximum Gasteiger partial charge on any atom is 0.346 e. The minimum atomic E-state index is -0.419. The molecule has 1 heterocycles. The molecule has 4 nitrogen and oxygen atoms in total. The lowest BCUT2D eigenvalue weighted by Crippen LogP contribution is -1.99. The molecule has 1 aliphatic carbocycles. The standard InChI is InChI=1S/C9H5N3O/c10-5-6-3-1-2-4-7-8(6)12-9(13)11-7/h1-4H,(H,11,12,13). The second kappa shape index (κ2) is 2.72. The summed E-state index contributed by atoms with van der Waals surface area (Å²) in [6.07, 6.45) is 0. The number of hydrogen-bond acceptors (Lipinski definition) is 3. The molecule has 0 spiro atoms. The van der Waals surface area contributed by atoms with Crippen LogP contribution in [0, 0.1) is 11.3 Å². The SMILES string of the molecule is N#Cc1ccccc2[nH]c(=O)nc1-2. The van der Waals surface area contributed by atoms with Gasteiger partial charge in [-0.05, 0) is 12.1 Å². The van der Waals surface area contributed by atoms with E-state index in [-0.39, 0.29) is 0 Å². The lowest BCUT2D eigenvalue weighted by molar-refractivity contribution is 1.20. The highest BCUT2D eigenvalue weighted by Gasteiger charge is 2.09. The smallest absolute Gasteiger partial charge is 0.304 e. The van der Waals surface area contributed by atoms with Gasteiger partial charge in [0, 0.05) is 0 Å². The van der Waals surface area contributed by atoms with E-state index in [9.17, 15) is 4.79 Å². The molecule has 0 aromatic rings. The van der Waals surface area contributed by atoms with Crippen LogP contribution in [-0.2, 0) is 0 Å². The highest BCUT2D eigenvalue weighted by Crippen LogP contribution is 2.16. The van der Waals surface area contributed by atoms with Gasteiger partial charge in [0.1, 0.15) is 11.8 Å². The Morgan fingerprint density at radius 2 is 2.15 bits per heavy atom. The van der Waals surface area contributed by atoms with Crippen LogP contribution >= 0.6 is 0 Å². The van der Waals surface area contributed by atoms with Gasteiger partial charge in [0.15, 0.2) is 0 Å². The van der Waals surface area contributed by atoms with E-state index in [2.05, 4.69) is 9.97 Å². The van der Waals surface area contributed by atoms with Gasteiger partial charge in [-0.1, -0.05) is 12.1 Å². The van der Waals surface area contributed by atoms with Gasteiger partial charge in [0.2, 0.25) is 0 Å². The molecule has 62 valence electrons. The van der Waals surface area contributed by atoms with Crippen LogP contribution in [0.1, 0.15) is 5.56 Å². The Morgan fingerprint density at radius 3 is 2.92 bits per heavy atom. The fourth-order valence-corrected chi connectivity index (χ4v) is 1.16. The molecule has 0 amide bonds. The van der Waals surface area contributed by atoms with Gasteiger partial charge in [-0.15, -0.1) is 0 Å². The van der Waals surface area contributed by atoms with Crippen molar-refractivity contribution in [2.45, 2.75) is 0 Å². The lowest BCUT2D eigenvalue weighted by Gasteiger charge is -1.88. The third-order valence-electron chi connectivity index (χ3n) is 1.72. The molecular formula is C9H5N3O. The number of hydrogen-bond donors (Lipinski definition) is 1. The maximum atomic E-state index is 10.9. The quantitative estimate of drug-likeness (QED) is 0.635. The van der Waals surface area contributed by atoms with Crippen LogP contribution in [0.25, 0.3) is 11.4 Å². The van der Waals surface area contributed by atoms with E-state index >= 15 is 0 Å². The Labute approximate surface area is 73.8 Å². The van der Waals surface area contributed by atoms with Crippen molar-refractivity contribution in [3.8, 4) is 17.5 Å². The Bertz CT molecular complexity index is 509. The molecule has 0 fully saturated rings. The predicted molar refractivity (Wildman–Crippen MR) is 46.2 cm³/mol. The second-order valence-electron chi connectivity index (χ2n) is 2.55. The Balaban J connectivity index is 2.88. The van der Waals surface area contributed by atoms with Crippen LogP contribution in [-0.4, -0.2) is 9.97 Å². The first-order valence-electron chi connectivity index (χ1n) is 3.70. The minimum absolute atomic E-state index is 0.401. The summed E-state index contributed by atoms with van der Waals surface area (Å²) in [7, 11) is 0. The first kappa shape index (κ1) is 7.50. The van der Waals surface area contributed by atoms with Crippen molar-refractivity contribution in [3.63, 3.8) is 0 Å². The largest absolute Gasteiger partial charge is 0.346 e. The van der Waals surface area contributed by atoms with Crippen molar-refractivity contribution in [3.05, 3.63) is 40.3 Å². The molecule has 2 rings (SSSR count). The average molecular weight is 171 g/mol. The van der Waals surface area contributed by atoms with Crippen molar-refractivity contribution < 1.29 is 0 Å². The molecule has 0 saturated heterocycles. The number of aromatic amines is 1. The topological polar surface area (TPSA) is 69.5 Å². The summed E-state index contributed by atoms with van der Waals surface area (Å²) >= 11 is 0. The first-order chi connectivity index (χ1) is 6.31. The molecule has 13 heavy (non-hydrogen) atoms. The van der Waals surface area contributed by atoms with Crippen LogP contribution < -0.4 is 5.69 Å². The van der Waals surface area contributed by atoms with Gasteiger partial charge in [0.05, 0.1) is 11.3 Å². The van der Waals surface area contributed by atoms with E-state index in [1.165, 1.54) is 0 Å². The lowest BCUT2D eigenvalue weighted by atomic mass is 10.2. The van der Waals surface area contributed by atoms with Crippen molar-refractivity contribution >= 4 is 0 Å². The van der Waals surface area contributed by atoms with E-state index in [0.29, 0.717) is 17.0 Å². The molecule has 4 heteroatoms. The molecule has 0 aromatic heterocycles. The molecule has 0 saturated carbocycles. The minimum Gasteiger partial charge on any atom is -0.304 e. The Kier molecular flexibility index (Phi) is 1.57. The summed E-state index contributed by atoms with van der Waals surface area (Å²) in [6.45, 7) is 0. The fourth-order valence-electron chi connectivity index (χ4n) is 1.16. The van der Waals surface area contributed by atoms with Crippen LogP contribution in [0.5, 0.6) is 0 Å². The van der Waals surface area contributed by atoms with Gasteiger partial charge in [-0.2, -0.15) is 10.2 Å². The molecule has 1 aliphatic heterocycles. The monoisotopic (exact) mass is 171 g/mol. The van der Waals surface area contributed by atoms with Gasteiger partial charge in [0.25, 0.3) is 0 Å². The van der Waals surface area contributed by atoms with Crippen molar-refractivity contribution in [1.29, 1.82) is 5.26 Å². The third kappa shape index (κ3) is 1.16. The number of nitrogens with one attached hydrogen (secondary N) is 1. The second-order valence-corrected chi connectivity index (χ2v) is 2.55. The number of fused-ring (bicyclic) bond motifs is 1. The van der Waals surface area contributed by atoms with E-state index in [1.807, 2.05) is 6.07 Å². The molecule has 2 aliphatic rings. The number of nitrogens with zero attached hydrogens (tertiary/aromatic N) is 2. The van der Waals surface area contributed by atoms with Gasteiger partial charge < -0.3 is 4.98 Å². The van der Waals surface area contributed by atoms with Crippen LogP contribution in [0.2, 0.25) is 0 Å². The summed E-state index contributed by atoms with van der Waals surface area (Å²) in [5, 5.41) is 8.75. The van der Waals surface area contributed by atoms with Crippen LogP contribution in [0.3, 0.4) is 0 Å². The fraction of sp³-hybridized carbons (Fsp3) is 0. The zero-order valence-electron chi connectivity index (χ0n) is 6.61. The zero-order valence-corrected chi connectivity index (χ0v) is 6.61. The number of H-pyrrole nitrogens is 1. The summed E-state index contributed by atoms with van der Waals surface area (Å²) < 4.78 is 0. The summed E-state index contributed by atoms with van der Waals surface area (Å²) in [4.78, 5) is 17.1. The van der Waals surface area contributed by atoms with Crippen LogP contribution in [0.4, 0.5) is 0 Å². The molecule has 0 aromatic carbocycles. The van der Waals surface area contributed by atoms with Gasteiger partial charge in [-0.25, -0.2) is 4.79 Å². The van der Waals surface area contributed by atoms with E-state index in [4.69, 9.17) is 5.26 Å². The molecular weight excluding hydrogens is 166 g/mol. The highest BCUT2D eigenvalue weighted by molar-refractivity contribution is 5.63. The molecule has 0 atom stereocenters. The average Bonchev–Trinajstić information content (AvgIpc) is 2.37. The molecule has 1 N–H and O–H groups in total. The zero-order chi connectivity index (χ0) is 9.26. The number of rotatable bonds is 0. The van der Waals surface area contributed by atoms with E-state index in [1.54, 1.807) is 24.3 Å². The third-order valence-corrected chi connectivity index (χ3v) is 1.72. The van der Waals surface area contributed by atoms with E-state index in [0.717, 1.165) is 0 Å². The van der Waals surface area contributed by atoms with Crippen molar-refractivity contribution in [2.24, 2.45) is 0 Å². The number of imidazole rings is 1. The van der Waals surface area contributed by atoms with Gasteiger partial charge >= 0.3 is 5.69 Å². The Morgan fingerprint density at radius 1 is 1.38 bits per heavy atom. The van der Waals surface area contributed by atoms with Gasteiger partial charge in [-0.3, -0.25) is 0 Å². The first-order valence-corrected chi connectivity index (χ1v) is 3.70. The highest BCUT2D eigenvalue weighted by atomic mass is 16.1. The molecule has 0 unspecified atom stereocenters. The predicted octanol–water partition coefficient (Wildman–Crippen LogP) is 0.746. The molecule has 0 radical (unpaired) electrons. The maximum absolute atomic E-state index is 10.9. The van der Waals surface area contributed by atoms with Crippen molar-refractivity contribution in [2.75, 3.05) is 0 Å². The van der Waals surface area contributed by atoms with Crippen molar-refractivity contribution in [1.82, 2.24) is 9.97 Å². The summed E-state index contributed by atoms with van der Waals surface area (Å²) in [5.41, 5.74) is 1.00. The normalized spacial score (nSPS) is 9.77.